The van der Waals surface area contributed by atoms with Crippen LogP contribution in [0.2, 0.25) is 0 Å². The van der Waals surface area contributed by atoms with Crippen LogP contribution in [0.4, 0.5) is 4.39 Å². The summed E-state index contributed by atoms with van der Waals surface area (Å²) in [5.74, 6) is 0.965. The van der Waals surface area contributed by atoms with E-state index in [0.29, 0.717) is 24.0 Å². The molecular formula is C13H18FN5O. The maximum atomic E-state index is 13.4. The topological polar surface area (TPSA) is 64.9 Å². The monoisotopic (exact) mass is 279 g/mol. The molecule has 0 amide bonds. The fraction of sp³-hybridized carbons (Fsp3) is 0.462. The van der Waals surface area contributed by atoms with Crippen LogP contribution < -0.4 is 10.1 Å². The Labute approximate surface area is 116 Å². The average molecular weight is 279 g/mol. The Morgan fingerprint density at radius 2 is 2.20 bits per heavy atom. The molecule has 2 rings (SSSR count). The third kappa shape index (κ3) is 3.30. The van der Waals surface area contributed by atoms with E-state index in [-0.39, 0.29) is 5.75 Å². The molecule has 108 valence electrons. The fourth-order valence-corrected chi connectivity index (χ4v) is 1.77. The number of hydrogen-bond donors (Lipinski definition) is 1. The van der Waals surface area contributed by atoms with Crippen LogP contribution >= 0.6 is 0 Å². The highest BCUT2D eigenvalue weighted by Gasteiger charge is 2.11. The van der Waals surface area contributed by atoms with E-state index in [4.69, 9.17) is 4.74 Å². The second-order valence-corrected chi connectivity index (χ2v) is 4.85. The lowest BCUT2D eigenvalue weighted by molar-refractivity contribution is 0.386. The molecule has 0 aliphatic heterocycles. The number of tetrazole rings is 1. The van der Waals surface area contributed by atoms with E-state index in [1.807, 2.05) is 0 Å². The summed E-state index contributed by atoms with van der Waals surface area (Å²) in [6.45, 7) is 5.67. The summed E-state index contributed by atoms with van der Waals surface area (Å²) < 4.78 is 19.9. The molecule has 1 heterocycles. The van der Waals surface area contributed by atoms with Gasteiger partial charge in [0, 0.05) is 6.07 Å². The van der Waals surface area contributed by atoms with Crippen molar-refractivity contribution in [3.05, 3.63) is 29.8 Å². The highest BCUT2D eigenvalue weighted by atomic mass is 19.1. The second kappa shape index (κ2) is 6.42. The number of nitrogens with one attached hydrogen (secondary N) is 1. The lowest BCUT2D eigenvalue weighted by Crippen LogP contribution is -2.21. The SMILES string of the molecule is COc1cc(-n2nnnc2CNCC(C)C)ccc1F. The fourth-order valence-electron chi connectivity index (χ4n) is 1.77. The zero-order valence-electron chi connectivity index (χ0n) is 11.8. The smallest absolute Gasteiger partial charge is 0.170 e. The maximum Gasteiger partial charge on any atom is 0.170 e. The van der Waals surface area contributed by atoms with Gasteiger partial charge in [-0.2, -0.15) is 4.68 Å². The lowest BCUT2D eigenvalue weighted by Gasteiger charge is -2.09. The summed E-state index contributed by atoms with van der Waals surface area (Å²) in [6.07, 6.45) is 0. The Hall–Kier alpha value is -2.02. The minimum Gasteiger partial charge on any atom is -0.494 e. The van der Waals surface area contributed by atoms with Crippen LogP contribution in [0.1, 0.15) is 19.7 Å². The first kappa shape index (κ1) is 14.4. The van der Waals surface area contributed by atoms with Gasteiger partial charge >= 0.3 is 0 Å². The van der Waals surface area contributed by atoms with Crippen molar-refractivity contribution in [3.8, 4) is 11.4 Å². The zero-order chi connectivity index (χ0) is 14.5. The van der Waals surface area contributed by atoms with Gasteiger partial charge in [0.2, 0.25) is 0 Å². The molecule has 0 aliphatic carbocycles. The van der Waals surface area contributed by atoms with Gasteiger partial charge in [0.05, 0.1) is 19.3 Å². The van der Waals surface area contributed by atoms with Gasteiger partial charge in [0.15, 0.2) is 17.4 Å². The van der Waals surface area contributed by atoms with E-state index < -0.39 is 5.82 Å². The molecule has 0 saturated heterocycles. The second-order valence-electron chi connectivity index (χ2n) is 4.85. The van der Waals surface area contributed by atoms with E-state index in [9.17, 15) is 4.39 Å². The number of methoxy groups -OCH3 is 1. The van der Waals surface area contributed by atoms with Gasteiger partial charge in [-0.05, 0) is 35.0 Å². The molecule has 6 nitrogen and oxygen atoms in total. The van der Waals surface area contributed by atoms with Crippen molar-refractivity contribution in [1.29, 1.82) is 0 Å². The predicted molar refractivity (Wildman–Crippen MR) is 72.2 cm³/mol. The summed E-state index contributed by atoms with van der Waals surface area (Å²) in [5.41, 5.74) is 0.662. The number of aromatic nitrogens is 4. The third-order valence-electron chi connectivity index (χ3n) is 2.75. The molecule has 0 unspecified atom stereocenters. The number of hydrogen-bond acceptors (Lipinski definition) is 5. The van der Waals surface area contributed by atoms with Crippen LogP contribution in [0.3, 0.4) is 0 Å². The molecule has 1 aromatic heterocycles. The predicted octanol–water partition coefficient (Wildman–Crippen LogP) is 1.56. The van der Waals surface area contributed by atoms with E-state index >= 15 is 0 Å². The molecule has 0 aliphatic rings. The Morgan fingerprint density at radius 1 is 1.40 bits per heavy atom. The van der Waals surface area contributed by atoms with Crippen molar-refractivity contribution in [3.63, 3.8) is 0 Å². The minimum absolute atomic E-state index is 0.166. The van der Waals surface area contributed by atoms with Crippen molar-refractivity contribution in [1.82, 2.24) is 25.5 Å². The van der Waals surface area contributed by atoms with E-state index in [1.54, 1.807) is 16.8 Å². The Kier molecular flexibility index (Phi) is 4.62. The van der Waals surface area contributed by atoms with Crippen LogP contribution in [0.25, 0.3) is 5.69 Å². The zero-order valence-corrected chi connectivity index (χ0v) is 11.8. The standard InChI is InChI=1S/C13H18FN5O/c1-9(2)7-15-8-13-16-17-18-19(13)10-4-5-11(14)12(6-10)20-3/h4-6,9,15H,7-8H2,1-3H3. The molecule has 0 spiro atoms. The number of nitrogens with zero attached hydrogens (tertiary/aromatic N) is 4. The first-order chi connectivity index (χ1) is 9.61. The van der Waals surface area contributed by atoms with Gasteiger partial charge in [-0.25, -0.2) is 4.39 Å². The number of halogens is 1. The largest absolute Gasteiger partial charge is 0.494 e. The first-order valence-corrected chi connectivity index (χ1v) is 6.43. The summed E-state index contributed by atoms with van der Waals surface area (Å²) in [4.78, 5) is 0. The van der Waals surface area contributed by atoms with Gasteiger partial charge in [0.1, 0.15) is 0 Å². The van der Waals surface area contributed by atoms with Crippen LogP contribution in [-0.4, -0.2) is 33.9 Å². The molecule has 1 N–H and O–H groups in total. The number of benzene rings is 1. The van der Waals surface area contributed by atoms with Crippen molar-refractivity contribution >= 4 is 0 Å². The molecular weight excluding hydrogens is 261 g/mol. The van der Waals surface area contributed by atoms with Gasteiger partial charge in [-0.15, -0.1) is 5.10 Å². The summed E-state index contributed by atoms with van der Waals surface area (Å²) in [5, 5.41) is 14.8. The Morgan fingerprint density at radius 3 is 2.90 bits per heavy atom. The van der Waals surface area contributed by atoms with E-state index in [0.717, 1.165) is 6.54 Å². The van der Waals surface area contributed by atoms with Crippen molar-refractivity contribution in [2.45, 2.75) is 20.4 Å². The summed E-state index contributed by atoms with van der Waals surface area (Å²) in [6, 6.07) is 4.51. The molecule has 20 heavy (non-hydrogen) atoms. The Balaban J connectivity index is 2.19. The number of rotatable bonds is 6. The molecule has 1 aromatic carbocycles. The van der Waals surface area contributed by atoms with Gasteiger partial charge < -0.3 is 10.1 Å². The van der Waals surface area contributed by atoms with Gasteiger partial charge in [-0.3, -0.25) is 0 Å². The lowest BCUT2D eigenvalue weighted by atomic mass is 10.2. The summed E-state index contributed by atoms with van der Waals surface area (Å²) in [7, 11) is 1.42. The third-order valence-corrected chi connectivity index (χ3v) is 2.75. The maximum absolute atomic E-state index is 13.4. The minimum atomic E-state index is -0.413. The summed E-state index contributed by atoms with van der Waals surface area (Å²) >= 11 is 0. The highest BCUT2D eigenvalue weighted by Crippen LogP contribution is 2.20. The normalized spacial score (nSPS) is 11.1. The van der Waals surface area contributed by atoms with Gasteiger partial charge in [0.25, 0.3) is 0 Å². The first-order valence-electron chi connectivity index (χ1n) is 6.43. The number of ether oxygens (including phenoxy) is 1. The van der Waals surface area contributed by atoms with Gasteiger partial charge in [-0.1, -0.05) is 13.8 Å². The Bertz CT molecular complexity index is 570. The molecule has 0 bridgehead atoms. The van der Waals surface area contributed by atoms with Crippen LogP contribution in [0, 0.1) is 11.7 Å². The van der Waals surface area contributed by atoms with Crippen LogP contribution in [0.5, 0.6) is 5.75 Å². The molecule has 0 atom stereocenters. The van der Waals surface area contributed by atoms with Crippen molar-refractivity contribution < 1.29 is 9.13 Å². The van der Waals surface area contributed by atoms with E-state index in [2.05, 4.69) is 34.7 Å². The highest BCUT2D eigenvalue weighted by molar-refractivity contribution is 5.39. The molecule has 7 heteroatoms. The van der Waals surface area contributed by atoms with Crippen molar-refractivity contribution in [2.24, 2.45) is 5.92 Å². The molecule has 2 aromatic rings. The average Bonchev–Trinajstić information content (AvgIpc) is 2.87. The quantitative estimate of drug-likeness (QED) is 0.869. The molecule has 0 radical (unpaired) electrons. The molecule has 0 saturated carbocycles. The molecule has 0 fully saturated rings. The van der Waals surface area contributed by atoms with Crippen LogP contribution in [0.15, 0.2) is 18.2 Å². The van der Waals surface area contributed by atoms with E-state index in [1.165, 1.54) is 13.2 Å². The van der Waals surface area contributed by atoms with Crippen LogP contribution in [-0.2, 0) is 6.54 Å². The van der Waals surface area contributed by atoms with Crippen molar-refractivity contribution in [2.75, 3.05) is 13.7 Å².